The van der Waals surface area contributed by atoms with Gasteiger partial charge in [-0.25, -0.2) is 4.39 Å². The van der Waals surface area contributed by atoms with E-state index in [2.05, 4.69) is 45.0 Å². The maximum atomic E-state index is 13.4. The Morgan fingerprint density at radius 1 is 1.29 bits per heavy atom. The molecule has 3 heteroatoms. The molecular weight excluding hydrogens is 263 g/mol. The standard InChI is InChI=1S/C18H31FN2/c1-6-11-20-17(15-8-7-9-16(19)13-15)10-12-21(5)14-18(2,3)4/h7-9,13,17,20H,6,10-12,14H2,1-5H3. The second-order valence-electron chi connectivity index (χ2n) is 7.15. The Hall–Kier alpha value is -0.930. The fraction of sp³-hybridized carbons (Fsp3) is 0.667. The van der Waals surface area contributed by atoms with Crippen molar-refractivity contribution in [1.82, 2.24) is 10.2 Å². The van der Waals surface area contributed by atoms with Gasteiger partial charge in [0, 0.05) is 12.6 Å². The molecule has 1 aromatic carbocycles. The average molecular weight is 294 g/mol. The monoisotopic (exact) mass is 294 g/mol. The lowest BCUT2D eigenvalue weighted by Crippen LogP contribution is -2.33. The topological polar surface area (TPSA) is 15.3 Å². The van der Waals surface area contributed by atoms with E-state index in [9.17, 15) is 4.39 Å². The third kappa shape index (κ3) is 7.58. The van der Waals surface area contributed by atoms with Crippen LogP contribution in [0.1, 0.15) is 52.1 Å². The summed E-state index contributed by atoms with van der Waals surface area (Å²) in [6.45, 7) is 12.0. The lowest BCUT2D eigenvalue weighted by atomic mass is 9.96. The van der Waals surface area contributed by atoms with Gasteiger partial charge in [-0.05, 0) is 56.1 Å². The van der Waals surface area contributed by atoms with Gasteiger partial charge < -0.3 is 10.2 Å². The van der Waals surface area contributed by atoms with Gasteiger partial charge in [0.25, 0.3) is 0 Å². The minimum atomic E-state index is -0.154. The summed E-state index contributed by atoms with van der Waals surface area (Å²) in [6.07, 6.45) is 2.08. The highest BCUT2D eigenvalue weighted by Gasteiger charge is 2.16. The van der Waals surface area contributed by atoms with Crippen LogP contribution in [0.4, 0.5) is 4.39 Å². The molecular formula is C18H31FN2. The van der Waals surface area contributed by atoms with Crippen LogP contribution in [-0.4, -0.2) is 31.6 Å². The second-order valence-corrected chi connectivity index (χ2v) is 7.15. The van der Waals surface area contributed by atoms with E-state index in [1.807, 2.05) is 6.07 Å². The molecule has 0 heterocycles. The predicted molar refractivity (Wildman–Crippen MR) is 89.0 cm³/mol. The van der Waals surface area contributed by atoms with E-state index in [4.69, 9.17) is 0 Å². The summed E-state index contributed by atoms with van der Waals surface area (Å²) in [5.41, 5.74) is 1.35. The largest absolute Gasteiger partial charge is 0.310 e. The quantitative estimate of drug-likeness (QED) is 0.771. The summed E-state index contributed by atoms with van der Waals surface area (Å²) in [5.74, 6) is -0.154. The Balaban J connectivity index is 2.62. The summed E-state index contributed by atoms with van der Waals surface area (Å²) in [4.78, 5) is 2.36. The van der Waals surface area contributed by atoms with Gasteiger partial charge in [0.05, 0.1) is 0 Å². The molecule has 0 aliphatic carbocycles. The SMILES string of the molecule is CCCNC(CCN(C)CC(C)(C)C)c1cccc(F)c1. The van der Waals surface area contributed by atoms with Crippen molar-refractivity contribution in [3.63, 3.8) is 0 Å². The smallest absolute Gasteiger partial charge is 0.123 e. The predicted octanol–water partition coefficient (Wildman–Crippen LogP) is 4.23. The van der Waals surface area contributed by atoms with E-state index < -0.39 is 0 Å². The van der Waals surface area contributed by atoms with Crippen LogP contribution in [0.3, 0.4) is 0 Å². The lowest BCUT2D eigenvalue weighted by molar-refractivity contribution is 0.217. The Bertz CT molecular complexity index is 412. The van der Waals surface area contributed by atoms with Crippen molar-refractivity contribution in [3.05, 3.63) is 35.6 Å². The first kappa shape index (κ1) is 18.1. The van der Waals surface area contributed by atoms with E-state index in [0.717, 1.165) is 38.0 Å². The molecule has 0 amide bonds. The van der Waals surface area contributed by atoms with Crippen molar-refractivity contribution in [3.8, 4) is 0 Å². The Morgan fingerprint density at radius 3 is 2.57 bits per heavy atom. The van der Waals surface area contributed by atoms with Crippen LogP contribution in [0.5, 0.6) is 0 Å². The fourth-order valence-electron chi connectivity index (χ4n) is 2.67. The first-order chi connectivity index (χ1) is 9.81. The van der Waals surface area contributed by atoms with Gasteiger partial charge in [0.1, 0.15) is 5.82 Å². The molecule has 0 spiro atoms. The molecule has 21 heavy (non-hydrogen) atoms. The molecule has 0 bridgehead atoms. The number of benzene rings is 1. The zero-order chi connectivity index (χ0) is 15.9. The van der Waals surface area contributed by atoms with Gasteiger partial charge in [-0.1, -0.05) is 39.8 Å². The van der Waals surface area contributed by atoms with Crippen molar-refractivity contribution in [2.45, 2.75) is 46.6 Å². The number of nitrogens with one attached hydrogen (secondary N) is 1. The molecule has 0 saturated carbocycles. The zero-order valence-corrected chi connectivity index (χ0v) is 14.2. The number of hydrogen-bond donors (Lipinski definition) is 1. The Labute approximate surface area is 129 Å². The molecule has 1 atom stereocenters. The third-order valence-electron chi connectivity index (χ3n) is 3.44. The van der Waals surface area contributed by atoms with Crippen LogP contribution in [0.2, 0.25) is 0 Å². The molecule has 0 aliphatic rings. The molecule has 0 saturated heterocycles. The van der Waals surface area contributed by atoms with E-state index >= 15 is 0 Å². The van der Waals surface area contributed by atoms with E-state index in [0.29, 0.717) is 5.41 Å². The van der Waals surface area contributed by atoms with Crippen molar-refractivity contribution in [2.75, 3.05) is 26.7 Å². The first-order valence-electron chi connectivity index (χ1n) is 7.99. The zero-order valence-electron chi connectivity index (χ0n) is 14.2. The maximum Gasteiger partial charge on any atom is 0.123 e. The van der Waals surface area contributed by atoms with Crippen LogP contribution in [0.15, 0.2) is 24.3 Å². The second kappa shape index (κ2) is 8.50. The molecule has 2 nitrogen and oxygen atoms in total. The van der Waals surface area contributed by atoms with Gasteiger partial charge in [0.2, 0.25) is 0 Å². The Kier molecular flexibility index (Phi) is 7.33. The van der Waals surface area contributed by atoms with Crippen LogP contribution >= 0.6 is 0 Å². The molecule has 1 aromatic rings. The van der Waals surface area contributed by atoms with Crippen molar-refractivity contribution in [1.29, 1.82) is 0 Å². The number of hydrogen-bond acceptors (Lipinski definition) is 2. The number of nitrogens with zero attached hydrogens (tertiary/aromatic N) is 1. The first-order valence-corrected chi connectivity index (χ1v) is 7.99. The molecule has 0 aromatic heterocycles. The van der Waals surface area contributed by atoms with E-state index in [-0.39, 0.29) is 11.9 Å². The molecule has 0 fully saturated rings. The number of halogens is 1. The van der Waals surface area contributed by atoms with Crippen LogP contribution in [0.25, 0.3) is 0 Å². The van der Waals surface area contributed by atoms with Gasteiger partial charge in [-0.15, -0.1) is 0 Å². The van der Waals surface area contributed by atoms with Crippen LogP contribution < -0.4 is 5.32 Å². The summed E-state index contributed by atoms with van der Waals surface area (Å²) in [5, 5.41) is 3.54. The molecule has 120 valence electrons. The van der Waals surface area contributed by atoms with E-state index in [1.54, 1.807) is 12.1 Å². The summed E-state index contributed by atoms with van der Waals surface area (Å²) in [7, 11) is 2.16. The minimum absolute atomic E-state index is 0.154. The number of rotatable bonds is 8. The summed E-state index contributed by atoms with van der Waals surface area (Å²) < 4.78 is 13.4. The highest BCUT2D eigenvalue weighted by Crippen LogP contribution is 2.20. The maximum absolute atomic E-state index is 13.4. The van der Waals surface area contributed by atoms with Crippen LogP contribution in [-0.2, 0) is 0 Å². The van der Waals surface area contributed by atoms with Crippen molar-refractivity contribution < 1.29 is 4.39 Å². The minimum Gasteiger partial charge on any atom is -0.310 e. The molecule has 1 N–H and O–H groups in total. The molecule has 1 rings (SSSR count). The summed E-state index contributed by atoms with van der Waals surface area (Å²) >= 11 is 0. The lowest BCUT2D eigenvalue weighted by Gasteiger charge is -2.28. The summed E-state index contributed by atoms with van der Waals surface area (Å²) in [6, 6.07) is 7.19. The van der Waals surface area contributed by atoms with Gasteiger partial charge in [-0.2, -0.15) is 0 Å². The fourth-order valence-corrected chi connectivity index (χ4v) is 2.67. The molecule has 0 aliphatic heterocycles. The Morgan fingerprint density at radius 2 is 2.00 bits per heavy atom. The van der Waals surface area contributed by atoms with Crippen molar-refractivity contribution in [2.24, 2.45) is 5.41 Å². The third-order valence-corrected chi connectivity index (χ3v) is 3.44. The van der Waals surface area contributed by atoms with Crippen LogP contribution in [0, 0.1) is 11.2 Å². The van der Waals surface area contributed by atoms with E-state index in [1.165, 1.54) is 6.07 Å². The van der Waals surface area contributed by atoms with Gasteiger partial charge in [-0.3, -0.25) is 0 Å². The average Bonchev–Trinajstić information content (AvgIpc) is 2.36. The highest BCUT2D eigenvalue weighted by atomic mass is 19.1. The van der Waals surface area contributed by atoms with Gasteiger partial charge >= 0.3 is 0 Å². The van der Waals surface area contributed by atoms with Gasteiger partial charge in [0.15, 0.2) is 0 Å². The molecule has 1 unspecified atom stereocenters. The molecule has 0 radical (unpaired) electrons. The highest BCUT2D eigenvalue weighted by molar-refractivity contribution is 5.20. The van der Waals surface area contributed by atoms with Crippen molar-refractivity contribution >= 4 is 0 Å². The normalized spacial score (nSPS) is 13.7.